The average Bonchev–Trinajstić information content (AvgIpc) is 3.02. The van der Waals surface area contributed by atoms with Crippen molar-refractivity contribution in [3.8, 4) is 0 Å². The molecule has 3 heteroatoms. The molecule has 0 aromatic heterocycles. The lowest BCUT2D eigenvalue weighted by Gasteiger charge is -2.33. The van der Waals surface area contributed by atoms with Crippen LogP contribution in [-0.4, -0.2) is 8.42 Å². The zero-order valence-electron chi connectivity index (χ0n) is 31.9. The topological polar surface area (TPSA) is 34.1 Å². The van der Waals surface area contributed by atoms with Gasteiger partial charge in [-0.1, -0.05) is 141 Å². The first kappa shape index (κ1) is 39.7. The second-order valence-electron chi connectivity index (χ2n) is 15.3. The van der Waals surface area contributed by atoms with Crippen LogP contribution in [0.3, 0.4) is 0 Å². The van der Waals surface area contributed by atoms with Crippen molar-refractivity contribution in [3.63, 3.8) is 0 Å². The zero-order chi connectivity index (χ0) is 36.2. The predicted molar refractivity (Wildman–Crippen MR) is 214 cm³/mol. The fourth-order valence-electron chi connectivity index (χ4n) is 6.76. The van der Waals surface area contributed by atoms with E-state index in [1.54, 1.807) is 36.4 Å². The van der Waals surface area contributed by atoms with Crippen LogP contribution in [0.5, 0.6) is 0 Å². The molecule has 0 spiro atoms. The van der Waals surface area contributed by atoms with E-state index in [2.05, 4.69) is 91.8 Å². The van der Waals surface area contributed by atoms with E-state index in [9.17, 15) is 8.42 Å². The molecule has 0 bridgehead atoms. The van der Waals surface area contributed by atoms with E-state index in [-0.39, 0.29) is 20.6 Å². The normalized spacial score (nSPS) is 20.6. The summed E-state index contributed by atoms with van der Waals surface area (Å²) in [6.45, 7) is 22.0. The highest BCUT2D eigenvalue weighted by Gasteiger charge is 2.27. The molecule has 0 saturated heterocycles. The fraction of sp³-hybridized carbons (Fsp3) is 0.391. The lowest BCUT2D eigenvalue weighted by atomic mass is 9.72. The van der Waals surface area contributed by atoms with Crippen LogP contribution in [0.2, 0.25) is 0 Å². The van der Waals surface area contributed by atoms with Crippen molar-refractivity contribution in [3.05, 3.63) is 159 Å². The molecule has 0 unspecified atom stereocenters. The number of allylic oxidation sites excluding steroid dienone is 21. The maximum absolute atomic E-state index is 13.7. The highest BCUT2D eigenvalue weighted by molar-refractivity contribution is 7.95. The highest BCUT2D eigenvalue weighted by atomic mass is 32.2. The first-order valence-electron chi connectivity index (χ1n) is 17.9. The molecule has 2 aliphatic rings. The molecule has 3 rings (SSSR count). The van der Waals surface area contributed by atoms with Crippen LogP contribution in [0.25, 0.3) is 0 Å². The van der Waals surface area contributed by atoms with Gasteiger partial charge in [-0.25, -0.2) is 8.42 Å². The molecule has 0 saturated carbocycles. The summed E-state index contributed by atoms with van der Waals surface area (Å²) in [7, 11) is -3.71. The lowest BCUT2D eigenvalue weighted by molar-refractivity contribution is 0.376. The Kier molecular flexibility index (Phi) is 14.4. The average molecular weight is 677 g/mol. The third-order valence-corrected chi connectivity index (χ3v) is 11.6. The third-order valence-electron chi connectivity index (χ3n) is 9.79. The van der Waals surface area contributed by atoms with Crippen molar-refractivity contribution in [1.29, 1.82) is 0 Å². The molecule has 262 valence electrons. The SMILES string of the molecule is CC1=C(/C=C/C(C)=C/C=C/C(C)=C/C=C(/C=C(C)/C=C/C=C(C)/C=C/C2=C(C)CCCC2(C)C)S(=O)(=O)c2ccccc2)C(C)(C)CCC1. The summed E-state index contributed by atoms with van der Waals surface area (Å²) in [4.78, 5) is 0.536. The summed E-state index contributed by atoms with van der Waals surface area (Å²) < 4.78 is 27.4. The van der Waals surface area contributed by atoms with Gasteiger partial charge < -0.3 is 0 Å². The Labute approximate surface area is 299 Å². The van der Waals surface area contributed by atoms with E-state index < -0.39 is 9.84 Å². The van der Waals surface area contributed by atoms with E-state index in [1.807, 2.05) is 50.3 Å². The molecule has 0 radical (unpaired) electrons. The van der Waals surface area contributed by atoms with Crippen LogP contribution in [0.1, 0.15) is 108 Å². The zero-order valence-corrected chi connectivity index (χ0v) is 32.7. The van der Waals surface area contributed by atoms with Gasteiger partial charge >= 0.3 is 0 Å². The van der Waals surface area contributed by atoms with Crippen LogP contribution in [0, 0.1) is 10.8 Å². The first-order valence-corrected chi connectivity index (χ1v) is 19.3. The van der Waals surface area contributed by atoms with E-state index >= 15 is 0 Å². The molecule has 2 aliphatic carbocycles. The monoisotopic (exact) mass is 676 g/mol. The fourth-order valence-corrected chi connectivity index (χ4v) is 8.13. The summed E-state index contributed by atoms with van der Waals surface area (Å²) in [6, 6.07) is 8.64. The van der Waals surface area contributed by atoms with Gasteiger partial charge in [-0.15, -0.1) is 0 Å². The van der Waals surface area contributed by atoms with Crippen LogP contribution >= 0.6 is 0 Å². The molecule has 0 N–H and O–H groups in total. The van der Waals surface area contributed by atoms with Gasteiger partial charge in [0.05, 0.1) is 9.80 Å². The summed E-state index contributed by atoms with van der Waals surface area (Å²) in [6.07, 6.45) is 33.8. The van der Waals surface area contributed by atoms with Gasteiger partial charge in [-0.2, -0.15) is 0 Å². The lowest BCUT2D eigenvalue weighted by Crippen LogP contribution is -2.19. The number of hydrogen-bond donors (Lipinski definition) is 0. The third kappa shape index (κ3) is 12.0. The molecule has 0 aliphatic heterocycles. The predicted octanol–water partition coefficient (Wildman–Crippen LogP) is 13.4. The molecular formula is C46H60O2S. The quantitative estimate of drug-likeness (QED) is 0.207. The molecule has 49 heavy (non-hydrogen) atoms. The van der Waals surface area contributed by atoms with E-state index in [1.165, 1.54) is 66.4 Å². The Balaban J connectivity index is 1.82. The summed E-state index contributed by atoms with van der Waals surface area (Å²) >= 11 is 0. The smallest absolute Gasteiger partial charge is 0.206 e. The summed E-state index contributed by atoms with van der Waals surface area (Å²) in [5.74, 6) is 0. The van der Waals surface area contributed by atoms with Crippen LogP contribution in [0.15, 0.2) is 164 Å². The van der Waals surface area contributed by atoms with Gasteiger partial charge in [-0.05, 0) is 132 Å². The van der Waals surface area contributed by atoms with Gasteiger partial charge in [0.25, 0.3) is 0 Å². The summed E-state index contributed by atoms with van der Waals surface area (Å²) in [5, 5.41) is 0. The molecule has 0 fully saturated rings. The molecular weight excluding hydrogens is 617 g/mol. The van der Waals surface area contributed by atoms with Crippen LogP contribution in [0.4, 0.5) is 0 Å². The Morgan fingerprint density at radius 2 is 1.06 bits per heavy atom. The van der Waals surface area contributed by atoms with Crippen molar-refractivity contribution >= 4 is 9.84 Å². The number of rotatable bonds is 12. The number of hydrogen-bond acceptors (Lipinski definition) is 2. The van der Waals surface area contributed by atoms with Crippen molar-refractivity contribution in [2.45, 2.75) is 113 Å². The Morgan fingerprint density at radius 1 is 0.612 bits per heavy atom. The standard InChI is InChI=1S/C46H60O2S/c1-35(18-14-19-36(2)27-30-43-39(5)22-16-32-45(43,7)8)26-29-42(49(47,48)41-24-12-11-13-25-41)34-38(4)21-15-20-37(3)28-31-44-40(6)23-17-33-46(44,9)10/h11-15,18-21,24-31,34H,16-17,22-23,32-33H2,1-10H3/b18-14+,21-15+,30-27+,31-28+,35-26+,36-19+,37-20+,38-34+,42-29-. The van der Waals surface area contributed by atoms with Crippen molar-refractivity contribution in [1.82, 2.24) is 0 Å². The molecule has 2 nitrogen and oxygen atoms in total. The van der Waals surface area contributed by atoms with E-state index in [4.69, 9.17) is 0 Å². The minimum absolute atomic E-state index is 0.208. The second-order valence-corrected chi connectivity index (χ2v) is 17.2. The Bertz CT molecular complexity index is 1780. The van der Waals surface area contributed by atoms with Crippen molar-refractivity contribution < 1.29 is 8.42 Å². The van der Waals surface area contributed by atoms with Gasteiger partial charge in [0.15, 0.2) is 0 Å². The maximum Gasteiger partial charge on any atom is 0.206 e. The van der Waals surface area contributed by atoms with E-state index in [0.29, 0.717) is 0 Å². The second kappa shape index (κ2) is 17.8. The molecule has 0 atom stereocenters. The van der Waals surface area contributed by atoms with Crippen molar-refractivity contribution in [2.75, 3.05) is 0 Å². The van der Waals surface area contributed by atoms with Gasteiger partial charge in [0.2, 0.25) is 9.84 Å². The van der Waals surface area contributed by atoms with Gasteiger partial charge in [0.1, 0.15) is 0 Å². The Hall–Kier alpha value is -3.69. The maximum atomic E-state index is 13.7. The molecule has 1 aromatic carbocycles. The van der Waals surface area contributed by atoms with Gasteiger partial charge in [0, 0.05) is 0 Å². The molecule has 0 heterocycles. The number of sulfone groups is 1. The van der Waals surface area contributed by atoms with Crippen molar-refractivity contribution in [2.24, 2.45) is 10.8 Å². The largest absolute Gasteiger partial charge is 0.219 e. The van der Waals surface area contributed by atoms with Crippen LogP contribution < -0.4 is 0 Å². The molecule has 1 aromatic rings. The summed E-state index contributed by atoms with van der Waals surface area (Å²) in [5.41, 5.74) is 10.4. The van der Waals surface area contributed by atoms with Gasteiger partial charge in [-0.3, -0.25) is 0 Å². The Morgan fingerprint density at radius 3 is 1.53 bits per heavy atom. The minimum atomic E-state index is -3.71. The molecule has 0 amide bonds. The first-order chi connectivity index (χ1) is 23.0. The highest BCUT2D eigenvalue weighted by Crippen LogP contribution is 2.41. The minimum Gasteiger partial charge on any atom is -0.219 e. The van der Waals surface area contributed by atoms with E-state index in [0.717, 1.165) is 16.7 Å². The number of benzene rings is 1. The van der Waals surface area contributed by atoms with Crippen LogP contribution in [-0.2, 0) is 9.84 Å².